The van der Waals surface area contributed by atoms with Crippen molar-refractivity contribution in [2.75, 3.05) is 27.7 Å². The fourth-order valence-electron chi connectivity index (χ4n) is 3.19. The Hall–Kier alpha value is -1.73. The second kappa shape index (κ2) is 9.60. The van der Waals surface area contributed by atoms with Gasteiger partial charge in [-0.05, 0) is 0 Å². The van der Waals surface area contributed by atoms with E-state index in [1.807, 2.05) is 0 Å². The van der Waals surface area contributed by atoms with Crippen LogP contribution in [0.2, 0.25) is 0 Å². The number of aromatic nitrogens is 2. The summed E-state index contributed by atoms with van der Waals surface area (Å²) in [5.74, 6) is -1.77. The van der Waals surface area contributed by atoms with Crippen molar-refractivity contribution >= 4 is 30.4 Å². The van der Waals surface area contributed by atoms with Gasteiger partial charge in [0.05, 0.1) is 0 Å². The number of hydrogen-bond acceptors (Lipinski definition) is 9. The van der Waals surface area contributed by atoms with Crippen LogP contribution in [0, 0.1) is 0 Å². The Bertz CT molecular complexity index is 795. The van der Waals surface area contributed by atoms with Crippen molar-refractivity contribution in [2.45, 2.75) is 48.7 Å². The number of rotatable bonds is 8. The predicted octanol–water partition coefficient (Wildman–Crippen LogP) is -5.07. The molecule has 12 nitrogen and oxygen atoms in total. The number of nitrogens with zero attached hydrogens (tertiary/aromatic N) is 2. The van der Waals surface area contributed by atoms with E-state index in [4.69, 9.17) is 4.74 Å². The fraction of sp³-hybridized carbons (Fsp3) is 0.706. The predicted molar refractivity (Wildman–Crippen MR) is 101 cm³/mol. The SMILES string of the molecule is CC(=O)N[C@@H]1[C@@H](O)[C@H](O)[C@@H](CO)O[C@H]1[Se](=O)c1ncc(C[C@@H](C(=O)[O-])[N+](C)(C)C)[nH]1. The van der Waals surface area contributed by atoms with Crippen LogP contribution in [0.5, 0.6) is 0 Å². The Labute approximate surface area is 177 Å². The monoisotopic (exact) mass is 496 g/mol. The number of quaternary nitrogens is 1. The van der Waals surface area contributed by atoms with Crippen LogP contribution >= 0.6 is 0 Å². The molecule has 7 atom stereocenters. The third-order valence-corrected chi connectivity index (χ3v) is 7.85. The van der Waals surface area contributed by atoms with E-state index in [-0.39, 0.29) is 15.6 Å². The maximum atomic E-state index is 13.2. The van der Waals surface area contributed by atoms with Crippen LogP contribution in [-0.4, -0.2) is 119 Å². The number of hydrogen-bond donors (Lipinski definition) is 5. The number of carbonyl (C=O) groups excluding carboxylic acids is 2. The van der Waals surface area contributed by atoms with E-state index < -0.39 is 67.7 Å². The van der Waals surface area contributed by atoms with Crippen LogP contribution in [0.15, 0.2) is 6.20 Å². The minimum atomic E-state index is -3.21. The molecule has 0 saturated carbocycles. The molecule has 1 saturated heterocycles. The van der Waals surface area contributed by atoms with Gasteiger partial charge in [-0.25, -0.2) is 0 Å². The average molecular weight is 495 g/mol. The number of aromatic amines is 1. The molecule has 0 spiro atoms. The van der Waals surface area contributed by atoms with E-state index in [0.29, 0.717) is 5.69 Å². The van der Waals surface area contributed by atoms with Crippen molar-refractivity contribution in [3.63, 3.8) is 0 Å². The molecule has 2 heterocycles. The van der Waals surface area contributed by atoms with Gasteiger partial charge in [-0.15, -0.1) is 0 Å². The van der Waals surface area contributed by atoms with Crippen LogP contribution in [0.3, 0.4) is 0 Å². The molecule has 1 aliphatic rings. The molecule has 1 aromatic rings. The van der Waals surface area contributed by atoms with E-state index in [1.165, 1.54) is 13.1 Å². The molecule has 0 bridgehead atoms. The third kappa shape index (κ3) is 5.49. The molecular formula is C17H28N4O8Se. The fourth-order valence-corrected chi connectivity index (χ4v) is 6.02. The van der Waals surface area contributed by atoms with Gasteiger partial charge in [0.25, 0.3) is 0 Å². The Morgan fingerprint density at radius 3 is 2.50 bits per heavy atom. The van der Waals surface area contributed by atoms with Gasteiger partial charge in [0.2, 0.25) is 0 Å². The van der Waals surface area contributed by atoms with Crippen molar-refractivity contribution in [3.8, 4) is 0 Å². The summed E-state index contributed by atoms with van der Waals surface area (Å²) in [6.45, 7) is 0.574. The number of carboxylic acids is 1. The summed E-state index contributed by atoms with van der Waals surface area (Å²) in [4.78, 5) is 29.9. The second-order valence-electron chi connectivity index (χ2n) is 8.10. The molecule has 1 amide bonds. The van der Waals surface area contributed by atoms with Crippen LogP contribution in [0.1, 0.15) is 12.6 Å². The van der Waals surface area contributed by atoms with E-state index >= 15 is 0 Å². The minimum absolute atomic E-state index is 0.0316. The number of aliphatic hydroxyl groups excluding tert-OH is 3. The normalized spacial score (nSPS) is 29.2. The number of amides is 1. The first-order valence-electron chi connectivity index (χ1n) is 9.22. The van der Waals surface area contributed by atoms with Crippen LogP contribution in [0.25, 0.3) is 0 Å². The van der Waals surface area contributed by atoms with Crippen molar-refractivity contribution < 1.29 is 43.1 Å². The van der Waals surface area contributed by atoms with Crippen molar-refractivity contribution in [1.29, 1.82) is 0 Å². The van der Waals surface area contributed by atoms with Crippen molar-refractivity contribution in [1.82, 2.24) is 15.3 Å². The summed E-state index contributed by atoms with van der Waals surface area (Å²) in [7, 11) is 5.12. The second-order valence-corrected chi connectivity index (χ2v) is 11.1. The van der Waals surface area contributed by atoms with Gasteiger partial charge in [-0.1, -0.05) is 0 Å². The number of imidazole rings is 1. The standard InChI is InChI=1S/C17H28N4O8Se/c1-8(23)19-12-14(25)13(24)11(7-22)29-16(12)30(28)17-18-6-9(20-17)5-10(15(26)27)21(2,3)4/h6,10-14,16,22,24-25H,5,7H2,1-4H3,(H2-,18,19,20,23,26,27)/t10-,11+,12+,13+,14+,16-,30?/m0/s1. The van der Waals surface area contributed by atoms with Gasteiger partial charge in [-0.2, -0.15) is 0 Å². The number of carboxylic acid groups (broad SMARTS) is 1. The van der Waals surface area contributed by atoms with E-state index in [1.54, 1.807) is 21.1 Å². The molecule has 5 N–H and O–H groups in total. The maximum absolute atomic E-state index is 13.2. The van der Waals surface area contributed by atoms with Crippen molar-refractivity contribution in [2.24, 2.45) is 0 Å². The molecule has 1 aromatic heterocycles. The quantitative estimate of drug-likeness (QED) is 0.174. The van der Waals surface area contributed by atoms with Gasteiger partial charge >= 0.3 is 177 Å². The number of carbonyl (C=O) groups is 2. The van der Waals surface area contributed by atoms with Gasteiger partial charge in [0.15, 0.2) is 0 Å². The molecule has 30 heavy (non-hydrogen) atoms. The Morgan fingerprint density at radius 2 is 2.00 bits per heavy atom. The zero-order valence-corrected chi connectivity index (χ0v) is 18.9. The summed E-state index contributed by atoms with van der Waals surface area (Å²) in [6.07, 6.45) is -2.77. The van der Waals surface area contributed by atoms with E-state index in [0.717, 1.165) is 0 Å². The first kappa shape index (κ1) is 24.5. The molecule has 1 fully saturated rings. The molecule has 2 rings (SSSR count). The molecule has 170 valence electrons. The van der Waals surface area contributed by atoms with Crippen LogP contribution < -0.4 is 15.1 Å². The van der Waals surface area contributed by atoms with Gasteiger partial charge in [0, 0.05) is 0 Å². The molecule has 0 radical (unpaired) electrons. The molecule has 1 aliphatic heterocycles. The van der Waals surface area contributed by atoms with E-state index in [2.05, 4.69) is 15.3 Å². The molecule has 13 heteroatoms. The first-order valence-corrected chi connectivity index (χ1v) is 11.8. The van der Waals surface area contributed by atoms with Gasteiger partial charge in [0.1, 0.15) is 0 Å². The number of likely N-dealkylation sites (N-methyl/N-ethyl adjacent to an activating group) is 1. The number of H-pyrrole nitrogens is 1. The number of ether oxygens (including phenoxy) is 1. The summed E-state index contributed by atoms with van der Waals surface area (Å²) in [6, 6.07) is -2.06. The van der Waals surface area contributed by atoms with Crippen molar-refractivity contribution in [3.05, 3.63) is 11.9 Å². The summed E-state index contributed by atoms with van der Waals surface area (Å²) in [5, 5.41) is 42.5. The Kier molecular flexibility index (Phi) is 7.85. The Morgan fingerprint density at radius 1 is 1.37 bits per heavy atom. The summed E-state index contributed by atoms with van der Waals surface area (Å²) in [5.41, 5.74) is 0.419. The molecule has 0 aliphatic carbocycles. The first-order chi connectivity index (χ1) is 13.9. The topological polar surface area (TPSA) is 185 Å². The number of aliphatic hydroxyl groups is 3. The Balaban J connectivity index is 2.27. The van der Waals surface area contributed by atoms with Crippen LogP contribution in [0.4, 0.5) is 0 Å². The number of nitrogens with one attached hydrogen (secondary N) is 2. The third-order valence-electron chi connectivity index (χ3n) is 4.88. The number of aliphatic carboxylic acids is 1. The summed E-state index contributed by atoms with van der Waals surface area (Å²) < 4.78 is 18.8. The molecular weight excluding hydrogens is 467 g/mol. The molecule has 0 aromatic carbocycles. The van der Waals surface area contributed by atoms with Crippen LogP contribution in [-0.2, 0) is 24.6 Å². The van der Waals surface area contributed by atoms with Gasteiger partial charge in [-0.3, -0.25) is 0 Å². The molecule has 1 unspecified atom stereocenters. The van der Waals surface area contributed by atoms with E-state index in [9.17, 15) is 33.8 Å². The average Bonchev–Trinajstić information content (AvgIpc) is 3.10. The summed E-state index contributed by atoms with van der Waals surface area (Å²) >= 11 is -3.21. The van der Waals surface area contributed by atoms with Gasteiger partial charge < -0.3 is 0 Å². The zero-order chi connectivity index (χ0) is 22.8. The zero-order valence-electron chi connectivity index (χ0n) is 17.1.